The molecule has 0 radical (unpaired) electrons. The third-order valence-corrected chi connectivity index (χ3v) is 3.95. The average Bonchev–Trinajstić information content (AvgIpc) is 2.76. The second kappa shape index (κ2) is 4.74. The molecule has 1 fully saturated rings. The van der Waals surface area contributed by atoms with E-state index in [1.165, 1.54) is 19.4 Å². The van der Waals surface area contributed by atoms with Crippen molar-refractivity contribution in [2.24, 2.45) is 5.92 Å². The number of hydrogen-bond donors (Lipinski definition) is 1. The average molecular weight is 235 g/mol. The molecule has 2 atom stereocenters. The summed E-state index contributed by atoms with van der Waals surface area (Å²) >= 11 is 0. The molecule has 1 N–H and O–H groups in total. The Kier molecular flexibility index (Phi) is 3.11. The van der Waals surface area contributed by atoms with Crippen LogP contribution in [0.25, 0.3) is 0 Å². The minimum Gasteiger partial charge on any atom is -0.315 e. The van der Waals surface area contributed by atoms with Gasteiger partial charge in [-0.1, -0.05) is 6.92 Å². The Morgan fingerprint density at radius 1 is 1.47 bits per heavy atom. The van der Waals surface area contributed by atoms with Crippen LogP contribution in [0.4, 0.5) is 0 Å². The maximum atomic E-state index is 4.17. The molecule has 94 valence electrons. The van der Waals surface area contributed by atoms with Crippen molar-refractivity contribution in [2.75, 3.05) is 19.6 Å². The lowest BCUT2D eigenvalue weighted by atomic mass is 9.94. The molecule has 5 nitrogen and oxygen atoms in total. The molecule has 1 aromatic heterocycles. The van der Waals surface area contributed by atoms with Crippen molar-refractivity contribution in [1.29, 1.82) is 0 Å². The molecule has 3 rings (SSSR count). The smallest absolute Gasteiger partial charge is 0.147 e. The monoisotopic (exact) mass is 235 g/mol. The largest absolute Gasteiger partial charge is 0.315 e. The van der Waals surface area contributed by atoms with Crippen molar-refractivity contribution in [3.8, 4) is 0 Å². The van der Waals surface area contributed by atoms with Crippen molar-refractivity contribution < 1.29 is 0 Å². The Hall–Kier alpha value is -0.940. The highest BCUT2D eigenvalue weighted by molar-refractivity contribution is 4.91. The highest BCUT2D eigenvalue weighted by Crippen LogP contribution is 2.17. The van der Waals surface area contributed by atoms with Gasteiger partial charge in [-0.25, -0.2) is 0 Å². The molecule has 0 amide bonds. The van der Waals surface area contributed by atoms with Crippen molar-refractivity contribution >= 4 is 0 Å². The molecular formula is C12H21N5. The first-order valence-corrected chi connectivity index (χ1v) is 6.63. The quantitative estimate of drug-likeness (QED) is 0.810. The fourth-order valence-electron chi connectivity index (χ4n) is 2.94. The highest BCUT2D eigenvalue weighted by Gasteiger charge is 2.23. The third kappa shape index (κ3) is 2.50. The lowest BCUT2D eigenvalue weighted by Crippen LogP contribution is -2.47. The number of nitrogens with one attached hydrogen (secondary N) is 1. The minimum absolute atomic E-state index is 0.660. The summed E-state index contributed by atoms with van der Waals surface area (Å²) in [5.41, 5.74) is 0. The number of rotatable bonds is 2. The second-order valence-electron chi connectivity index (χ2n) is 5.46. The van der Waals surface area contributed by atoms with Gasteiger partial charge in [0.25, 0.3) is 0 Å². The standard InChI is InChI=1S/C12H21N5/c1-10-2-3-13-11(6-10)7-16-4-5-17-9-14-15-12(17)8-16/h9-11,13H,2-8H2,1H3. The van der Waals surface area contributed by atoms with E-state index in [1.54, 1.807) is 0 Å². The van der Waals surface area contributed by atoms with E-state index in [0.29, 0.717) is 6.04 Å². The third-order valence-electron chi connectivity index (χ3n) is 3.95. The van der Waals surface area contributed by atoms with E-state index < -0.39 is 0 Å². The summed E-state index contributed by atoms with van der Waals surface area (Å²) < 4.78 is 2.16. The molecule has 2 aliphatic rings. The zero-order valence-electron chi connectivity index (χ0n) is 10.5. The molecule has 2 aliphatic heterocycles. The maximum Gasteiger partial charge on any atom is 0.147 e. The Balaban J connectivity index is 1.56. The van der Waals surface area contributed by atoms with Gasteiger partial charge in [0.2, 0.25) is 0 Å². The maximum absolute atomic E-state index is 4.17. The van der Waals surface area contributed by atoms with Gasteiger partial charge in [0.1, 0.15) is 12.2 Å². The molecule has 17 heavy (non-hydrogen) atoms. The van der Waals surface area contributed by atoms with Gasteiger partial charge in [-0.3, -0.25) is 4.90 Å². The predicted molar refractivity (Wildman–Crippen MR) is 65.5 cm³/mol. The van der Waals surface area contributed by atoms with Gasteiger partial charge < -0.3 is 9.88 Å². The predicted octanol–water partition coefficient (Wildman–Crippen LogP) is 0.482. The number of fused-ring (bicyclic) bond motifs is 1. The minimum atomic E-state index is 0.660. The molecule has 0 aromatic carbocycles. The van der Waals surface area contributed by atoms with Crippen LogP contribution in [0.1, 0.15) is 25.6 Å². The van der Waals surface area contributed by atoms with E-state index in [9.17, 15) is 0 Å². The van der Waals surface area contributed by atoms with Gasteiger partial charge in [-0.2, -0.15) is 0 Å². The van der Waals surface area contributed by atoms with Crippen LogP contribution in [0.5, 0.6) is 0 Å². The second-order valence-corrected chi connectivity index (χ2v) is 5.46. The Labute approximate surface area is 102 Å². The van der Waals surface area contributed by atoms with Crippen molar-refractivity contribution in [1.82, 2.24) is 25.0 Å². The first-order valence-electron chi connectivity index (χ1n) is 6.63. The van der Waals surface area contributed by atoms with Crippen molar-refractivity contribution in [2.45, 2.75) is 38.9 Å². The summed E-state index contributed by atoms with van der Waals surface area (Å²) in [6.45, 7) is 7.79. The van der Waals surface area contributed by atoms with Crippen LogP contribution in [0.3, 0.4) is 0 Å². The van der Waals surface area contributed by atoms with E-state index >= 15 is 0 Å². The van der Waals surface area contributed by atoms with E-state index in [4.69, 9.17) is 0 Å². The highest BCUT2D eigenvalue weighted by atomic mass is 15.3. The van der Waals surface area contributed by atoms with Crippen molar-refractivity contribution in [3.05, 3.63) is 12.2 Å². The summed E-state index contributed by atoms with van der Waals surface area (Å²) in [5.74, 6) is 1.98. The lowest BCUT2D eigenvalue weighted by molar-refractivity contribution is 0.172. The fourth-order valence-corrected chi connectivity index (χ4v) is 2.94. The van der Waals surface area contributed by atoms with E-state index in [1.807, 2.05) is 6.33 Å². The van der Waals surface area contributed by atoms with Crippen LogP contribution < -0.4 is 5.32 Å². The zero-order chi connectivity index (χ0) is 11.7. The van der Waals surface area contributed by atoms with Crippen molar-refractivity contribution in [3.63, 3.8) is 0 Å². The lowest BCUT2D eigenvalue weighted by Gasteiger charge is -2.34. The summed E-state index contributed by atoms with van der Waals surface area (Å²) in [5, 5.41) is 11.8. The summed E-state index contributed by atoms with van der Waals surface area (Å²) in [6, 6.07) is 0.660. The van der Waals surface area contributed by atoms with Crippen LogP contribution >= 0.6 is 0 Å². The number of nitrogens with zero attached hydrogens (tertiary/aromatic N) is 4. The van der Waals surface area contributed by atoms with Gasteiger partial charge >= 0.3 is 0 Å². The summed E-state index contributed by atoms with van der Waals surface area (Å²) in [7, 11) is 0. The normalized spacial score (nSPS) is 30.2. The number of hydrogen-bond acceptors (Lipinski definition) is 4. The molecule has 0 bridgehead atoms. The first kappa shape index (κ1) is 11.2. The number of aromatic nitrogens is 3. The molecule has 0 spiro atoms. The molecule has 0 aliphatic carbocycles. The van der Waals surface area contributed by atoms with E-state index in [-0.39, 0.29) is 0 Å². The Bertz CT molecular complexity index is 375. The van der Waals surface area contributed by atoms with Gasteiger partial charge in [0.15, 0.2) is 0 Å². The van der Waals surface area contributed by atoms with Gasteiger partial charge in [0, 0.05) is 25.7 Å². The topological polar surface area (TPSA) is 46.0 Å². The number of piperidine rings is 1. The summed E-state index contributed by atoms with van der Waals surface area (Å²) in [4.78, 5) is 2.50. The molecule has 5 heteroatoms. The van der Waals surface area contributed by atoms with Crippen LogP contribution in [0.15, 0.2) is 6.33 Å². The first-order chi connectivity index (χ1) is 8.31. The SMILES string of the molecule is CC1CCNC(CN2CCn3cnnc3C2)C1. The van der Waals surface area contributed by atoms with Crippen LogP contribution in [-0.4, -0.2) is 45.3 Å². The molecule has 3 heterocycles. The van der Waals surface area contributed by atoms with Gasteiger partial charge in [-0.15, -0.1) is 10.2 Å². The molecule has 2 unspecified atom stereocenters. The van der Waals surface area contributed by atoms with Crippen LogP contribution in [0.2, 0.25) is 0 Å². The van der Waals surface area contributed by atoms with Crippen LogP contribution in [0, 0.1) is 5.92 Å². The van der Waals surface area contributed by atoms with Gasteiger partial charge in [0.05, 0.1) is 6.54 Å². The Morgan fingerprint density at radius 3 is 3.29 bits per heavy atom. The van der Waals surface area contributed by atoms with Gasteiger partial charge in [-0.05, 0) is 25.3 Å². The fraction of sp³-hybridized carbons (Fsp3) is 0.833. The molecule has 1 saturated heterocycles. The van der Waals surface area contributed by atoms with E-state index in [2.05, 4.69) is 31.9 Å². The zero-order valence-corrected chi connectivity index (χ0v) is 10.5. The molecule has 1 aromatic rings. The van der Waals surface area contributed by atoms with Crippen LogP contribution in [-0.2, 0) is 13.1 Å². The Morgan fingerprint density at radius 2 is 2.41 bits per heavy atom. The molecule has 0 saturated carbocycles. The molecular weight excluding hydrogens is 214 g/mol. The summed E-state index contributed by atoms with van der Waals surface area (Å²) in [6.07, 6.45) is 4.47. The van der Waals surface area contributed by atoms with E-state index in [0.717, 1.165) is 37.9 Å².